The minimum Gasteiger partial charge on any atom is -0.460 e. The summed E-state index contributed by atoms with van der Waals surface area (Å²) in [6.07, 6.45) is 0.112. The zero-order chi connectivity index (χ0) is 26.1. The highest BCUT2D eigenvalue weighted by molar-refractivity contribution is 6.32. The maximum Gasteiger partial charge on any atom is 0.309 e. The Morgan fingerprint density at radius 3 is 2.62 bits per heavy atom. The topological polar surface area (TPSA) is 87.9 Å². The van der Waals surface area contributed by atoms with Crippen LogP contribution < -0.4 is 5.56 Å². The number of halogens is 1. The van der Waals surface area contributed by atoms with E-state index < -0.39 is 11.6 Å². The van der Waals surface area contributed by atoms with E-state index in [0.717, 1.165) is 60.4 Å². The van der Waals surface area contributed by atoms with Gasteiger partial charge in [0.05, 0.1) is 35.4 Å². The number of rotatable bonds is 3. The summed E-state index contributed by atoms with van der Waals surface area (Å²) in [5.41, 5.74) is 4.50. The molecule has 3 aromatic rings. The lowest BCUT2D eigenvalue weighted by molar-refractivity contribution is -0.149. The zero-order valence-corrected chi connectivity index (χ0v) is 22.2. The number of esters is 1. The summed E-state index contributed by atoms with van der Waals surface area (Å²) in [5.74, 6) is -0.505. The lowest BCUT2D eigenvalue weighted by Gasteiger charge is -2.33. The Labute approximate surface area is 220 Å². The molecule has 1 saturated heterocycles. The van der Waals surface area contributed by atoms with Gasteiger partial charge in [0.2, 0.25) is 0 Å². The standard InChI is InChI=1S/C28H31ClN4O4/c1-4-28(36)12-25(34)37-15-20-21(28)10-24-26-19(14-33(24)27(20)35)18(13-32-7-5-31(3)6-8-32)17-9-16(2)22(29)11-23(17)30-26/h9-11,36H,4-8,12-15H2,1-3H3. The van der Waals surface area contributed by atoms with Gasteiger partial charge in [-0.1, -0.05) is 18.5 Å². The molecule has 3 aliphatic rings. The fourth-order valence-corrected chi connectivity index (χ4v) is 6.06. The van der Waals surface area contributed by atoms with Crippen LogP contribution in [0.5, 0.6) is 0 Å². The summed E-state index contributed by atoms with van der Waals surface area (Å²) < 4.78 is 7.03. The number of carbonyl (C=O) groups excluding carboxylic acids is 1. The van der Waals surface area contributed by atoms with Gasteiger partial charge in [-0.25, -0.2) is 4.98 Å². The third kappa shape index (κ3) is 3.98. The summed E-state index contributed by atoms with van der Waals surface area (Å²) in [6, 6.07) is 5.86. The second-order valence-corrected chi connectivity index (χ2v) is 11.1. The predicted molar refractivity (Wildman–Crippen MR) is 142 cm³/mol. The van der Waals surface area contributed by atoms with Crippen molar-refractivity contribution >= 4 is 28.5 Å². The van der Waals surface area contributed by atoms with Crippen LogP contribution in [0.1, 0.15) is 47.6 Å². The quantitative estimate of drug-likeness (QED) is 0.413. The number of likely N-dealkylation sites (N-methyl/N-ethyl adjacent to an activating group) is 1. The molecule has 0 aliphatic carbocycles. The monoisotopic (exact) mass is 522 g/mol. The molecule has 0 amide bonds. The molecule has 3 aliphatic heterocycles. The zero-order valence-electron chi connectivity index (χ0n) is 21.4. The van der Waals surface area contributed by atoms with Crippen molar-refractivity contribution in [3.05, 3.63) is 61.4 Å². The second-order valence-electron chi connectivity index (χ2n) is 10.7. The second kappa shape index (κ2) is 8.91. The number of aliphatic hydroxyl groups is 1. The van der Waals surface area contributed by atoms with Crippen LogP contribution in [0, 0.1) is 6.92 Å². The SMILES string of the molecule is CCC1(O)CC(=O)OCc2c1cc1n(c2=O)Cc2c-1nc1cc(Cl)c(C)cc1c2CN1CCN(C)CC1. The number of cyclic esters (lactones) is 1. The van der Waals surface area contributed by atoms with Crippen LogP contribution in [0.4, 0.5) is 0 Å². The van der Waals surface area contributed by atoms with Gasteiger partial charge in [0.25, 0.3) is 5.56 Å². The number of hydrogen-bond donors (Lipinski definition) is 1. The van der Waals surface area contributed by atoms with Crippen molar-refractivity contribution in [2.75, 3.05) is 33.2 Å². The van der Waals surface area contributed by atoms with Crippen LogP contribution in [0.2, 0.25) is 5.02 Å². The molecule has 0 radical (unpaired) electrons. The van der Waals surface area contributed by atoms with Crippen molar-refractivity contribution in [2.45, 2.75) is 52.0 Å². The van der Waals surface area contributed by atoms with E-state index in [-0.39, 0.29) is 18.6 Å². The van der Waals surface area contributed by atoms with Crippen LogP contribution in [0.3, 0.4) is 0 Å². The number of piperazine rings is 1. The van der Waals surface area contributed by atoms with E-state index in [9.17, 15) is 14.7 Å². The van der Waals surface area contributed by atoms with Gasteiger partial charge in [0, 0.05) is 48.7 Å². The molecule has 2 aromatic heterocycles. The minimum absolute atomic E-state index is 0.135. The normalized spacial score (nSPS) is 21.9. The van der Waals surface area contributed by atoms with E-state index in [1.165, 1.54) is 5.56 Å². The average Bonchev–Trinajstić information content (AvgIpc) is 3.17. The van der Waals surface area contributed by atoms with Crippen LogP contribution in [-0.4, -0.2) is 63.7 Å². The van der Waals surface area contributed by atoms with Gasteiger partial charge in [-0.15, -0.1) is 0 Å². The Hall–Kier alpha value is -2.78. The molecule has 1 fully saturated rings. The Morgan fingerprint density at radius 2 is 1.89 bits per heavy atom. The average molecular weight is 523 g/mol. The Morgan fingerprint density at radius 1 is 1.14 bits per heavy atom. The summed E-state index contributed by atoms with van der Waals surface area (Å²) in [4.78, 5) is 35.8. The summed E-state index contributed by atoms with van der Waals surface area (Å²) >= 11 is 6.52. The third-order valence-corrected chi connectivity index (χ3v) is 8.73. The van der Waals surface area contributed by atoms with Crippen LogP contribution >= 0.6 is 11.6 Å². The Kier molecular flexibility index (Phi) is 5.91. The number of ether oxygens (including phenoxy) is 1. The van der Waals surface area contributed by atoms with Crippen molar-refractivity contribution < 1.29 is 14.6 Å². The minimum atomic E-state index is -1.46. The molecule has 0 saturated carbocycles. The number of fused-ring (bicyclic) bond motifs is 5. The maximum absolute atomic E-state index is 13.8. The first-order valence-corrected chi connectivity index (χ1v) is 13.2. The number of aryl methyl sites for hydroxylation is 1. The van der Waals surface area contributed by atoms with E-state index in [1.54, 1.807) is 4.57 Å². The van der Waals surface area contributed by atoms with Gasteiger partial charge >= 0.3 is 5.97 Å². The highest BCUT2D eigenvalue weighted by Crippen LogP contribution is 2.41. The van der Waals surface area contributed by atoms with Gasteiger partial charge < -0.3 is 19.3 Å². The fourth-order valence-electron chi connectivity index (χ4n) is 5.90. The number of nitrogens with zero attached hydrogens (tertiary/aromatic N) is 4. The lowest BCUT2D eigenvalue weighted by Crippen LogP contribution is -2.44. The fraction of sp³-hybridized carbons (Fsp3) is 0.464. The molecular weight excluding hydrogens is 492 g/mol. The molecular formula is C28H31ClN4O4. The van der Waals surface area contributed by atoms with E-state index in [0.29, 0.717) is 34.8 Å². The predicted octanol–water partition coefficient (Wildman–Crippen LogP) is 3.18. The van der Waals surface area contributed by atoms with Gasteiger partial charge in [0.1, 0.15) is 12.2 Å². The molecule has 8 nitrogen and oxygen atoms in total. The summed E-state index contributed by atoms with van der Waals surface area (Å²) in [7, 11) is 2.14. The number of aromatic nitrogens is 2. The van der Waals surface area contributed by atoms with Crippen LogP contribution in [0.15, 0.2) is 23.0 Å². The highest BCUT2D eigenvalue weighted by Gasteiger charge is 2.40. The molecule has 5 heterocycles. The molecule has 1 atom stereocenters. The van der Waals surface area contributed by atoms with E-state index >= 15 is 0 Å². The van der Waals surface area contributed by atoms with Crippen molar-refractivity contribution in [1.29, 1.82) is 0 Å². The van der Waals surface area contributed by atoms with Crippen molar-refractivity contribution in [1.82, 2.24) is 19.4 Å². The van der Waals surface area contributed by atoms with Gasteiger partial charge in [-0.05, 0) is 55.3 Å². The van der Waals surface area contributed by atoms with E-state index in [2.05, 4.69) is 22.9 Å². The summed E-state index contributed by atoms with van der Waals surface area (Å²) in [5, 5.41) is 13.1. The van der Waals surface area contributed by atoms with Crippen LogP contribution in [0.25, 0.3) is 22.3 Å². The van der Waals surface area contributed by atoms with Crippen molar-refractivity contribution in [2.24, 2.45) is 0 Å². The lowest BCUT2D eigenvalue weighted by atomic mass is 9.85. The molecule has 0 spiro atoms. The highest BCUT2D eigenvalue weighted by atomic mass is 35.5. The molecule has 1 unspecified atom stereocenters. The van der Waals surface area contributed by atoms with Gasteiger partial charge in [-0.2, -0.15) is 0 Å². The number of benzene rings is 1. The number of hydrogen-bond acceptors (Lipinski definition) is 7. The Balaban J connectivity index is 1.56. The third-order valence-electron chi connectivity index (χ3n) is 8.32. The maximum atomic E-state index is 13.8. The molecule has 6 rings (SSSR count). The van der Waals surface area contributed by atoms with Gasteiger partial charge in [-0.3, -0.25) is 14.5 Å². The van der Waals surface area contributed by atoms with Crippen molar-refractivity contribution in [3.63, 3.8) is 0 Å². The molecule has 1 aromatic carbocycles. The van der Waals surface area contributed by atoms with E-state index in [1.807, 2.05) is 26.0 Å². The smallest absolute Gasteiger partial charge is 0.309 e. The molecule has 194 valence electrons. The molecule has 37 heavy (non-hydrogen) atoms. The van der Waals surface area contributed by atoms with E-state index in [4.69, 9.17) is 21.3 Å². The van der Waals surface area contributed by atoms with Gasteiger partial charge in [0.15, 0.2) is 0 Å². The first-order valence-electron chi connectivity index (χ1n) is 12.9. The largest absolute Gasteiger partial charge is 0.460 e. The first kappa shape index (κ1) is 24.6. The first-order chi connectivity index (χ1) is 17.7. The molecule has 1 N–H and O–H groups in total. The molecule has 9 heteroatoms. The van der Waals surface area contributed by atoms with Crippen LogP contribution in [-0.2, 0) is 34.8 Å². The van der Waals surface area contributed by atoms with Crippen molar-refractivity contribution in [3.8, 4) is 11.4 Å². The Bertz CT molecular complexity index is 1510. The summed E-state index contributed by atoms with van der Waals surface area (Å²) in [6.45, 7) is 8.79. The molecule has 0 bridgehead atoms. The number of pyridine rings is 2. The number of carbonyl (C=O) groups is 1.